The Morgan fingerprint density at radius 2 is 1.89 bits per heavy atom. The monoisotopic (exact) mass is 359 g/mol. The molecule has 0 radical (unpaired) electrons. The highest BCUT2D eigenvalue weighted by Gasteiger charge is 2.16. The molecule has 0 saturated heterocycles. The maximum atomic E-state index is 14.2. The first-order valence-electron chi connectivity index (χ1n) is 8.23. The van der Waals surface area contributed by atoms with Gasteiger partial charge in [-0.15, -0.1) is 0 Å². The molecule has 4 aromatic rings. The highest BCUT2D eigenvalue weighted by molar-refractivity contribution is 5.86. The number of nitrogens with zero attached hydrogens (tertiary/aromatic N) is 2. The Bertz CT molecular complexity index is 1280. The fraction of sp³-hybridized carbons (Fsp3) is 0.0476. The number of nitriles is 1. The summed E-state index contributed by atoms with van der Waals surface area (Å²) in [5.41, 5.74) is 2.57. The van der Waals surface area contributed by atoms with Crippen LogP contribution in [0, 0.1) is 24.1 Å². The normalized spacial score (nSPS) is 10.9. The Morgan fingerprint density at radius 3 is 2.56 bits per heavy atom. The molecule has 0 aliphatic rings. The van der Waals surface area contributed by atoms with Gasteiger partial charge in [-0.1, -0.05) is 24.3 Å². The number of benzene rings is 2. The topological polar surface area (TPSA) is 81.8 Å². The van der Waals surface area contributed by atoms with Crippen molar-refractivity contribution in [3.63, 3.8) is 0 Å². The quantitative estimate of drug-likeness (QED) is 0.567. The van der Waals surface area contributed by atoms with E-state index in [1.165, 1.54) is 6.07 Å². The zero-order valence-corrected chi connectivity index (χ0v) is 14.3. The van der Waals surface area contributed by atoms with Crippen LogP contribution in [-0.2, 0) is 0 Å². The van der Waals surface area contributed by atoms with Gasteiger partial charge in [-0.3, -0.25) is 4.79 Å². The molecule has 132 valence electrons. The summed E-state index contributed by atoms with van der Waals surface area (Å²) >= 11 is 0. The molecular weight excluding hydrogens is 345 g/mol. The van der Waals surface area contributed by atoms with E-state index in [-0.39, 0.29) is 17.1 Å². The van der Waals surface area contributed by atoms with Gasteiger partial charge in [-0.05, 0) is 42.3 Å². The molecule has 0 amide bonds. The number of pyridine rings is 1. The lowest BCUT2D eigenvalue weighted by Crippen LogP contribution is -2.10. The molecule has 0 spiro atoms. The Morgan fingerprint density at radius 1 is 1.15 bits per heavy atom. The number of fused-ring (bicyclic) bond motifs is 1. The van der Waals surface area contributed by atoms with Crippen molar-refractivity contribution >= 4 is 11.0 Å². The smallest absolute Gasteiger partial charge is 0.270 e. The van der Waals surface area contributed by atoms with Crippen molar-refractivity contribution in [3.05, 3.63) is 82.0 Å². The number of aryl methyl sites for hydroxylation is 1. The Labute approximate surface area is 153 Å². The summed E-state index contributed by atoms with van der Waals surface area (Å²) in [5.74, 6) is -0.655. The van der Waals surface area contributed by atoms with Crippen LogP contribution in [0.4, 0.5) is 4.39 Å². The van der Waals surface area contributed by atoms with Crippen LogP contribution >= 0.6 is 0 Å². The largest absolute Gasteiger partial charge is 0.504 e. The van der Waals surface area contributed by atoms with Crippen molar-refractivity contribution in [1.29, 1.82) is 5.26 Å². The molecule has 5 nitrogen and oxygen atoms in total. The Balaban J connectivity index is 1.83. The standard InChI is InChI=1S/C21H14FN3O2/c1-12-2-7-15(17(22)10-12)13-3-5-14(6-4-13)25-9-8-18-19(25)20(26)16(11-23)21(27)24-18/h2-10H,1H3,(H2,24,26,27). The summed E-state index contributed by atoms with van der Waals surface area (Å²) in [6.07, 6.45) is 1.68. The SMILES string of the molecule is Cc1ccc(-c2ccc(-n3ccc4[nH]c(=O)c(C#N)c(O)c43)cc2)c(F)c1. The van der Waals surface area contributed by atoms with Crippen molar-refractivity contribution in [2.45, 2.75) is 6.92 Å². The van der Waals surface area contributed by atoms with E-state index in [2.05, 4.69) is 4.98 Å². The van der Waals surface area contributed by atoms with Crippen molar-refractivity contribution in [1.82, 2.24) is 9.55 Å². The van der Waals surface area contributed by atoms with E-state index in [1.807, 2.05) is 13.0 Å². The van der Waals surface area contributed by atoms with E-state index in [0.717, 1.165) is 11.1 Å². The van der Waals surface area contributed by atoms with Gasteiger partial charge in [0.05, 0.1) is 5.52 Å². The summed E-state index contributed by atoms with van der Waals surface area (Å²) in [6, 6.07) is 15.6. The number of hydrogen-bond acceptors (Lipinski definition) is 3. The average molecular weight is 359 g/mol. The van der Waals surface area contributed by atoms with Gasteiger partial charge in [0.2, 0.25) is 0 Å². The van der Waals surface area contributed by atoms with Crippen LogP contribution in [0.1, 0.15) is 11.1 Å². The molecule has 2 N–H and O–H groups in total. The highest BCUT2D eigenvalue weighted by atomic mass is 19.1. The van der Waals surface area contributed by atoms with Gasteiger partial charge >= 0.3 is 0 Å². The first-order chi connectivity index (χ1) is 13.0. The average Bonchev–Trinajstić information content (AvgIpc) is 3.06. The third kappa shape index (κ3) is 2.66. The van der Waals surface area contributed by atoms with Gasteiger partial charge in [0, 0.05) is 17.4 Å². The van der Waals surface area contributed by atoms with Gasteiger partial charge < -0.3 is 14.7 Å². The maximum absolute atomic E-state index is 14.2. The molecule has 0 fully saturated rings. The van der Waals surface area contributed by atoms with Gasteiger partial charge in [-0.2, -0.15) is 5.26 Å². The van der Waals surface area contributed by atoms with Crippen molar-refractivity contribution in [3.8, 4) is 28.6 Å². The molecule has 2 aromatic heterocycles. The van der Waals surface area contributed by atoms with Gasteiger partial charge in [0.25, 0.3) is 5.56 Å². The lowest BCUT2D eigenvalue weighted by Gasteiger charge is -2.09. The van der Waals surface area contributed by atoms with Crippen molar-refractivity contribution in [2.24, 2.45) is 0 Å². The van der Waals surface area contributed by atoms with Gasteiger partial charge in [0.1, 0.15) is 17.4 Å². The van der Waals surface area contributed by atoms with Crippen LogP contribution in [0.25, 0.3) is 27.8 Å². The van der Waals surface area contributed by atoms with Gasteiger partial charge in [0.15, 0.2) is 11.3 Å². The third-order valence-corrected chi connectivity index (χ3v) is 4.52. The predicted molar refractivity (Wildman–Crippen MR) is 100 cm³/mol. The molecule has 0 aliphatic carbocycles. The fourth-order valence-electron chi connectivity index (χ4n) is 3.16. The lowest BCUT2D eigenvalue weighted by atomic mass is 10.0. The van der Waals surface area contributed by atoms with Gasteiger partial charge in [-0.25, -0.2) is 4.39 Å². The van der Waals surface area contributed by atoms with E-state index >= 15 is 0 Å². The molecule has 0 unspecified atom stereocenters. The first-order valence-corrected chi connectivity index (χ1v) is 8.23. The number of aromatic nitrogens is 2. The molecule has 0 saturated carbocycles. The number of halogens is 1. The fourth-order valence-corrected chi connectivity index (χ4v) is 3.16. The minimum Gasteiger partial charge on any atom is -0.504 e. The molecule has 2 aromatic carbocycles. The summed E-state index contributed by atoms with van der Waals surface area (Å²) < 4.78 is 15.9. The molecule has 0 bridgehead atoms. The van der Waals surface area contributed by atoms with Crippen LogP contribution in [0.5, 0.6) is 5.75 Å². The second-order valence-corrected chi connectivity index (χ2v) is 6.27. The lowest BCUT2D eigenvalue weighted by molar-refractivity contribution is 0.476. The molecule has 4 rings (SSSR count). The third-order valence-electron chi connectivity index (χ3n) is 4.52. The van der Waals surface area contributed by atoms with E-state index in [4.69, 9.17) is 5.26 Å². The predicted octanol–water partition coefficient (Wildman–Crippen LogP) is 4.01. The molecule has 27 heavy (non-hydrogen) atoms. The van der Waals surface area contributed by atoms with Crippen LogP contribution in [0.3, 0.4) is 0 Å². The second kappa shape index (κ2) is 6.15. The minimum absolute atomic E-state index is 0.289. The maximum Gasteiger partial charge on any atom is 0.270 e. The number of aromatic amines is 1. The van der Waals surface area contributed by atoms with Crippen LogP contribution < -0.4 is 5.56 Å². The van der Waals surface area contributed by atoms with Crippen LogP contribution in [0.2, 0.25) is 0 Å². The molecular formula is C21H14FN3O2. The summed E-state index contributed by atoms with van der Waals surface area (Å²) in [5, 5.41) is 19.4. The molecule has 6 heteroatoms. The van der Waals surface area contributed by atoms with Crippen LogP contribution in [0.15, 0.2) is 59.5 Å². The zero-order chi connectivity index (χ0) is 19.1. The van der Waals surface area contributed by atoms with E-state index in [0.29, 0.717) is 22.3 Å². The number of aromatic hydroxyl groups is 1. The first kappa shape index (κ1) is 16.6. The number of H-pyrrole nitrogens is 1. The van der Waals surface area contributed by atoms with E-state index in [1.54, 1.807) is 53.2 Å². The van der Waals surface area contributed by atoms with Crippen molar-refractivity contribution in [2.75, 3.05) is 0 Å². The molecule has 0 atom stereocenters. The second-order valence-electron chi connectivity index (χ2n) is 6.27. The summed E-state index contributed by atoms with van der Waals surface area (Å²) in [4.78, 5) is 14.4. The number of rotatable bonds is 2. The zero-order valence-electron chi connectivity index (χ0n) is 14.3. The van der Waals surface area contributed by atoms with Crippen LogP contribution in [-0.4, -0.2) is 14.7 Å². The Kier molecular flexibility index (Phi) is 3.78. The van der Waals surface area contributed by atoms with E-state index < -0.39 is 5.56 Å². The number of nitrogens with one attached hydrogen (secondary N) is 1. The summed E-state index contributed by atoms with van der Waals surface area (Å²) in [6.45, 7) is 1.83. The number of hydrogen-bond donors (Lipinski definition) is 2. The summed E-state index contributed by atoms with van der Waals surface area (Å²) in [7, 11) is 0. The highest BCUT2D eigenvalue weighted by Crippen LogP contribution is 2.30. The Hall–Kier alpha value is -3.85. The molecule has 2 heterocycles. The molecule has 0 aliphatic heterocycles. The minimum atomic E-state index is -0.634. The van der Waals surface area contributed by atoms with Crippen molar-refractivity contribution < 1.29 is 9.50 Å². The van der Waals surface area contributed by atoms with E-state index in [9.17, 15) is 14.3 Å².